The maximum atomic E-state index is 13.1. The number of rotatable bonds is 6. The highest BCUT2D eigenvalue weighted by Crippen LogP contribution is 2.21. The summed E-state index contributed by atoms with van der Waals surface area (Å²) in [5, 5.41) is 9.29. The molecular weight excluding hydrogens is 383 g/mol. The molecule has 3 N–H and O–H groups in total. The third kappa shape index (κ3) is 6.37. The quantitative estimate of drug-likeness (QED) is 0.678. The van der Waals surface area contributed by atoms with Crippen LogP contribution in [-0.2, 0) is 6.54 Å². The van der Waals surface area contributed by atoms with E-state index in [1.54, 1.807) is 30.5 Å². The van der Waals surface area contributed by atoms with Crippen molar-refractivity contribution in [3.05, 3.63) is 53.3 Å². The number of halogens is 1. The van der Waals surface area contributed by atoms with Crippen LogP contribution < -0.4 is 16.0 Å². The molecule has 0 radical (unpaired) electrons. The fraction of sp³-hybridized carbons (Fsp3) is 0.364. The van der Waals surface area contributed by atoms with Gasteiger partial charge in [0.15, 0.2) is 0 Å². The van der Waals surface area contributed by atoms with Crippen LogP contribution in [0.1, 0.15) is 42.6 Å². The van der Waals surface area contributed by atoms with Crippen molar-refractivity contribution in [3.63, 3.8) is 0 Å². The van der Waals surface area contributed by atoms with Gasteiger partial charge in [-0.25, -0.2) is 9.37 Å². The summed E-state index contributed by atoms with van der Waals surface area (Å²) in [7, 11) is 0. The minimum atomic E-state index is -0.276. The largest absolute Gasteiger partial charge is 0.366 e. The lowest BCUT2D eigenvalue weighted by Crippen LogP contribution is -2.26. The molecule has 0 bridgehead atoms. The van der Waals surface area contributed by atoms with Gasteiger partial charge in [-0.3, -0.25) is 14.8 Å². The first-order valence-electron chi connectivity index (χ1n) is 10.3. The number of nitrogens with one attached hydrogen (secondary N) is 3. The maximum Gasteiger partial charge on any atom is 0.251 e. The average molecular weight is 410 g/mol. The van der Waals surface area contributed by atoms with Gasteiger partial charge in [-0.1, -0.05) is 26.0 Å². The van der Waals surface area contributed by atoms with Crippen molar-refractivity contribution in [2.24, 2.45) is 9.98 Å². The van der Waals surface area contributed by atoms with Crippen LogP contribution in [0.25, 0.3) is 0 Å². The predicted molar refractivity (Wildman–Crippen MR) is 119 cm³/mol. The molecule has 1 saturated carbocycles. The molecule has 1 aromatic carbocycles. The van der Waals surface area contributed by atoms with Gasteiger partial charge in [-0.05, 0) is 42.7 Å². The Bertz CT molecular complexity index is 922. The summed E-state index contributed by atoms with van der Waals surface area (Å²) in [5.41, 5.74) is 1.42. The van der Waals surface area contributed by atoms with E-state index in [0.717, 1.165) is 18.4 Å². The van der Waals surface area contributed by atoms with E-state index in [9.17, 15) is 9.18 Å². The maximum absolute atomic E-state index is 13.1. The summed E-state index contributed by atoms with van der Waals surface area (Å²) >= 11 is 0. The lowest BCUT2D eigenvalue weighted by molar-refractivity contribution is 0.0951. The molecule has 1 amide bonds. The highest BCUT2D eigenvalue weighted by Gasteiger charge is 2.24. The van der Waals surface area contributed by atoms with Gasteiger partial charge in [0.2, 0.25) is 0 Å². The summed E-state index contributed by atoms with van der Waals surface area (Å²) in [5.74, 6) is 1.27. The number of carbonyl (C=O) groups is 1. The van der Waals surface area contributed by atoms with E-state index in [1.807, 2.05) is 13.8 Å². The number of anilines is 2. The van der Waals surface area contributed by atoms with Crippen LogP contribution in [0.2, 0.25) is 0 Å². The van der Waals surface area contributed by atoms with E-state index in [1.165, 1.54) is 12.1 Å². The molecule has 0 spiro atoms. The lowest BCUT2D eigenvalue weighted by Gasteiger charge is -2.13. The summed E-state index contributed by atoms with van der Waals surface area (Å²) in [6.45, 7) is 5.76. The Morgan fingerprint density at radius 2 is 1.83 bits per heavy atom. The summed E-state index contributed by atoms with van der Waals surface area (Å²) in [6, 6.07) is 9.92. The van der Waals surface area contributed by atoms with E-state index in [-0.39, 0.29) is 17.8 Å². The Hall–Kier alpha value is -3.29. The van der Waals surface area contributed by atoms with E-state index in [4.69, 9.17) is 0 Å². The van der Waals surface area contributed by atoms with E-state index in [0.29, 0.717) is 42.7 Å². The molecule has 2 aliphatic rings. The molecule has 7 nitrogen and oxygen atoms in total. The van der Waals surface area contributed by atoms with Gasteiger partial charge in [0.25, 0.3) is 5.91 Å². The number of benzene rings is 1. The molecule has 2 aromatic rings. The minimum absolute atomic E-state index is 0.128. The van der Waals surface area contributed by atoms with Gasteiger partial charge in [-0.2, -0.15) is 0 Å². The molecule has 8 heteroatoms. The number of amides is 1. The van der Waals surface area contributed by atoms with Gasteiger partial charge >= 0.3 is 0 Å². The number of carbonyl (C=O) groups excluding carboxylic acids is 1. The van der Waals surface area contributed by atoms with Crippen molar-refractivity contribution in [1.82, 2.24) is 10.3 Å². The molecule has 2 heterocycles. The summed E-state index contributed by atoms with van der Waals surface area (Å²) in [4.78, 5) is 25.6. The van der Waals surface area contributed by atoms with Crippen LogP contribution in [0.4, 0.5) is 16.0 Å². The van der Waals surface area contributed by atoms with Crippen LogP contribution in [0.5, 0.6) is 0 Å². The number of amidine groups is 1. The first-order valence-corrected chi connectivity index (χ1v) is 10.3. The third-order valence-corrected chi connectivity index (χ3v) is 4.37. The molecule has 1 fully saturated rings. The topological polar surface area (TPSA) is 90.8 Å². The van der Waals surface area contributed by atoms with Crippen molar-refractivity contribution in [2.75, 3.05) is 23.7 Å². The molecule has 0 atom stereocenters. The fourth-order valence-corrected chi connectivity index (χ4v) is 2.73. The zero-order valence-electron chi connectivity index (χ0n) is 17.3. The molecule has 0 unspecified atom stereocenters. The minimum Gasteiger partial charge on any atom is -0.366 e. The average Bonchev–Trinajstić information content (AvgIpc) is 3.59. The second-order valence-corrected chi connectivity index (χ2v) is 6.78. The van der Waals surface area contributed by atoms with E-state index in [2.05, 4.69) is 30.9 Å². The number of hydrogen-bond donors (Lipinski definition) is 3. The van der Waals surface area contributed by atoms with Crippen LogP contribution in [-0.4, -0.2) is 42.1 Å². The molecule has 158 valence electrons. The highest BCUT2D eigenvalue weighted by molar-refractivity contribution is 6.35. The van der Waals surface area contributed by atoms with Crippen LogP contribution in [0, 0.1) is 5.82 Å². The molecule has 1 aromatic heterocycles. The Kier molecular flexibility index (Phi) is 7.48. The summed E-state index contributed by atoms with van der Waals surface area (Å²) < 4.78 is 13.1. The van der Waals surface area contributed by atoms with Gasteiger partial charge < -0.3 is 16.0 Å². The highest BCUT2D eigenvalue weighted by atomic mass is 19.1. The number of pyridine rings is 1. The zero-order chi connectivity index (χ0) is 21.3. The first-order chi connectivity index (χ1) is 14.7. The number of hydrogen-bond acceptors (Lipinski definition) is 6. The smallest absolute Gasteiger partial charge is 0.251 e. The zero-order valence-corrected chi connectivity index (χ0v) is 17.3. The molecular formula is C22H27FN6O. The van der Waals surface area contributed by atoms with Crippen LogP contribution in [0.15, 0.2) is 46.4 Å². The Balaban J connectivity index is 0.00000124. The number of aliphatic imine (C=N–C) groups is 2. The van der Waals surface area contributed by atoms with Crippen molar-refractivity contribution in [1.29, 1.82) is 0 Å². The monoisotopic (exact) mass is 410 g/mol. The second-order valence-electron chi connectivity index (χ2n) is 6.78. The number of aromatic nitrogens is 1. The van der Waals surface area contributed by atoms with Crippen molar-refractivity contribution in [2.45, 2.75) is 39.3 Å². The molecule has 30 heavy (non-hydrogen) atoms. The summed E-state index contributed by atoms with van der Waals surface area (Å²) in [6.07, 6.45) is 3.70. The molecule has 0 saturated heterocycles. The van der Waals surface area contributed by atoms with Crippen molar-refractivity contribution < 1.29 is 9.18 Å². The number of nitrogens with zero attached hydrogens (tertiary/aromatic N) is 3. The van der Waals surface area contributed by atoms with E-state index >= 15 is 0 Å². The Morgan fingerprint density at radius 1 is 1.10 bits per heavy atom. The second kappa shape index (κ2) is 10.5. The van der Waals surface area contributed by atoms with Crippen LogP contribution in [0.3, 0.4) is 0 Å². The third-order valence-electron chi connectivity index (χ3n) is 4.37. The van der Waals surface area contributed by atoms with Gasteiger partial charge in [-0.15, -0.1) is 0 Å². The van der Waals surface area contributed by atoms with Gasteiger partial charge in [0, 0.05) is 18.2 Å². The fourth-order valence-electron chi connectivity index (χ4n) is 2.73. The van der Waals surface area contributed by atoms with Crippen molar-refractivity contribution in [3.8, 4) is 0 Å². The van der Waals surface area contributed by atoms with Gasteiger partial charge in [0.1, 0.15) is 23.3 Å². The molecule has 1 aliphatic carbocycles. The van der Waals surface area contributed by atoms with E-state index < -0.39 is 0 Å². The van der Waals surface area contributed by atoms with Crippen LogP contribution >= 0.6 is 0 Å². The Labute approximate surface area is 175 Å². The molecule has 4 rings (SSSR count). The predicted octanol–water partition coefficient (Wildman–Crippen LogP) is 3.65. The SMILES string of the molecule is CC.O=C(NC1CC1)c1cc(NCc2ccc(F)cc2)nc(NC2=NCCN=C2)c1. The lowest BCUT2D eigenvalue weighted by atomic mass is 10.2. The Morgan fingerprint density at radius 3 is 2.50 bits per heavy atom. The standard InChI is InChI=1S/C20H21FN6O.C2H6/c21-15-3-1-13(2-4-15)11-24-17-9-14(20(28)25-16-5-6-16)10-18(26-17)27-19-12-22-7-8-23-19;1-2/h1-4,9-10,12,16H,5-8,11H2,(H,25,28)(H2,23,24,26,27);1-2H3. The first kappa shape index (κ1) is 21.4. The van der Waals surface area contributed by atoms with Crippen molar-refractivity contribution >= 4 is 29.6 Å². The normalized spacial score (nSPS) is 14.8. The molecule has 1 aliphatic heterocycles. The van der Waals surface area contributed by atoms with Gasteiger partial charge in [0.05, 0.1) is 19.3 Å².